The number of nitrogens with one attached hydrogen (secondary N) is 1. The maximum absolute atomic E-state index is 5.69. The monoisotopic (exact) mass is 340 g/mol. The number of benzene rings is 1. The molecule has 0 bridgehead atoms. The van der Waals surface area contributed by atoms with Crippen LogP contribution in [0.3, 0.4) is 0 Å². The first-order chi connectivity index (χ1) is 12.2. The fraction of sp³-hybridized carbons (Fsp3) is 0.400. The van der Waals surface area contributed by atoms with E-state index < -0.39 is 5.79 Å². The van der Waals surface area contributed by atoms with Gasteiger partial charge in [0.05, 0.1) is 7.11 Å². The fourth-order valence-corrected chi connectivity index (χ4v) is 3.93. The van der Waals surface area contributed by atoms with Crippen LogP contribution in [0.1, 0.15) is 17.0 Å². The second-order valence-corrected chi connectivity index (χ2v) is 6.47. The molecule has 1 aliphatic carbocycles. The molecule has 2 aliphatic rings. The minimum Gasteiger partial charge on any atom is -0.497 e. The van der Waals surface area contributed by atoms with Gasteiger partial charge in [0.1, 0.15) is 5.75 Å². The summed E-state index contributed by atoms with van der Waals surface area (Å²) in [5, 5.41) is 3.50. The molecule has 0 saturated carbocycles. The Kier molecular flexibility index (Phi) is 4.15. The molecule has 0 radical (unpaired) electrons. The SMILES string of the molecule is COc1ccc(-c2c3c(n4c2CNCC4)C=CC(OC)(OC)C3)cc1. The molecule has 4 rings (SSSR count). The van der Waals surface area contributed by atoms with Gasteiger partial charge in [-0.25, -0.2) is 0 Å². The maximum atomic E-state index is 5.69. The van der Waals surface area contributed by atoms with Crippen LogP contribution in [0, 0.1) is 0 Å². The zero-order valence-corrected chi connectivity index (χ0v) is 15.0. The minimum atomic E-state index is -0.695. The number of ether oxygens (including phenoxy) is 3. The van der Waals surface area contributed by atoms with Crippen LogP contribution < -0.4 is 10.1 Å². The van der Waals surface area contributed by atoms with Crippen LogP contribution in [0.5, 0.6) is 5.75 Å². The third-order valence-electron chi connectivity index (χ3n) is 5.31. The molecule has 1 aliphatic heterocycles. The van der Waals surface area contributed by atoms with Crippen molar-refractivity contribution in [2.45, 2.75) is 25.3 Å². The van der Waals surface area contributed by atoms with E-state index in [4.69, 9.17) is 14.2 Å². The molecule has 0 saturated heterocycles. The summed E-state index contributed by atoms with van der Waals surface area (Å²) >= 11 is 0. The zero-order chi connectivity index (χ0) is 17.4. The molecule has 132 valence electrons. The first-order valence-corrected chi connectivity index (χ1v) is 8.60. The first kappa shape index (κ1) is 16.4. The van der Waals surface area contributed by atoms with Crippen molar-refractivity contribution < 1.29 is 14.2 Å². The molecule has 0 spiro atoms. The van der Waals surface area contributed by atoms with Crippen LogP contribution in [0.25, 0.3) is 17.2 Å². The van der Waals surface area contributed by atoms with E-state index in [0.717, 1.165) is 25.4 Å². The number of hydrogen-bond donors (Lipinski definition) is 1. The molecule has 0 atom stereocenters. The van der Waals surface area contributed by atoms with Crippen molar-refractivity contribution in [3.63, 3.8) is 0 Å². The van der Waals surface area contributed by atoms with Crippen molar-refractivity contribution in [1.82, 2.24) is 9.88 Å². The molecule has 0 unspecified atom stereocenters. The van der Waals surface area contributed by atoms with Crippen LogP contribution in [0.2, 0.25) is 0 Å². The predicted molar refractivity (Wildman–Crippen MR) is 97.6 cm³/mol. The Morgan fingerprint density at radius 1 is 1.08 bits per heavy atom. The lowest BCUT2D eigenvalue weighted by atomic mass is 9.91. The van der Waals surface area contributed by atoms with Gasteiger partial charge in [-0.1, -0.05) is 12.1 Å². The van der Waals surface area contributed by atoms with Gasteiger partial charge in [-0.3, -0.25) is 0 Å². The van der Waals surface area contributed by atoms with Gasteiger partial charge >= 0.3 is 0 Å². The summed E-state index contributed by atoms with van der Waals surface area (Å²) in [5.41, 5.74) is 6.37. The number of methoxy groups -OCH3 is 3. The summed E-state index contributed by atoms with van der Waals surface area (Å²) in [4.78, 5) is 0. The second kappa shape index (κ2) is 6.33. The molecule has 25 heavy (non-hydrogen) atoms. The van der Waals surface area contributed by atoms with E-state index in [1.807, 2.05) is 18.2 Å². The average molecular weight is 340 g/mol. The normalized spacial score (nSPS) is 17.9. The van der Waals surface area contributed by atoms with E-state index in [-0.39, 0.29) is 0 Å². The number of fused-ring (bicyclic) bond motifs is 3. The highest BCUT2D eigenvalue weighted by atomic mass is 16.7. The average Bonchev–Trinajstić information content (AvgIpc) is 3.01. The third-order valence-corrected chi connectivity index (χ3v) is 5.31. The number of hydrogen-bond acceptors (Lipinski definition) is 4. The molecule has 1 aromatic heterocycles. The summed E-state index contributed by atoms with van der Waals surface area (Å²) in [7, 11) is 5.09. The number of rotatable bonds is 4. The smallest absolute Gasteiger partial charge is 0.191 e. The third kappa shape index (κ3) is 2.59. The Morgan fingerprint density at radius 2 is 1.84 bits per heavy atom. The van der Waals surface area contributed by atoms with Gasteiger partial charge in [-0.15, -0.1) is 0 Å². The van der Waals surface area contributed by atoms with Crippen LogP contribution in [-0.2, 0) is 29.0 Å². The summed E-state index contributed by atoms with van der Waals surface area (Å²) in [6, 6.07) is 8.29. The van der Waals surface area contributed by atoms with Crippen molar-refractivity contribution in [2.24, 2.45) is 0 Å². The Balaban J connectivity index is 1.89. The highest BCUT2D eigenvalue weighted by Crippen LogP contribution is 2.41. The van der Waals surface area contributed by atoms with Crippen molar-refractivity contribution in [3.05, 3.63) is 47.3 Å². The zero-order valence-electron chi connectivity index (χ0n) is 15.0. The van der Waals surface area contributed by atoms with Crippen molar-refractivity contribution in [2.75, 3.05) is 27.9 Å². The lowest BCUT2D eigenvalue weighted by Crippen LogP contribution is -2.36. The lowest BCUT2D eigenvalue weighted by Gasteiger charge is -2.31. The van der Waals surface area contributed by atoms with Gasteiger partial charge in [0.25, 0.3) is 0 Å². The molecule has 0 fully saturated rings. The molecule has 5 heteroatoms. The highest BCUT2D eigenvalue weighted by molar-refractivity contribution is 5.77. The van der Waals surface area contributed by atoms with Crippen LogP contribution in [-0.4, -0.2) is 38.2 Å². The van der Waals surface area contributed by atoms with E-state index in [2.05, 4.69) is 28.1 Å². The van der Waals surface area contributed by atoms with Gasteiger partial charge in [0, 0.05) is 57.2 Å². The Labute approximate surface area is 148 Å². The Bertz CT molecular complexity index is 801. The van der Waals surface area contributed by atoms with Gasteiger partial charge in [-0.2, -0.15) is 0 Å². The van der Waals surface area contributed by atoms with Gasteiger partial charge in [0.15, 0.2) is 5.79 Å². The quantitative estimate of drug-likeness (QED) is 0.870. The Hall–Kier alpha value is -2.08. The van der Waals surface area contributed by atoms with E-state index >= 15 is 0 Å². The molecule has 1 N–H and O–H groups in total. The summed E-state index contributed by atoms with van der Waals surface area (Å²) < 4.78 is 19.1. The summed E-state index contributed by atoms with van der Waals surface area (Å²) in [6.45, 7) is 2.84. The van der Waals surface area contributed by atoms with Gasteiger partial charge in [-0.05, 0) is 35.4 Å². The molecular weight excluding hydrogens is 316 g/mol. The molecule has 5 nitrogen and oxygen atoms in total. The largest absolute Gasteiger partial charge is 0.497 e. The first-order valence-electron chi connectivity index (χ1n) is 8.60. The number of aromatic nitrogens is 1. The van der Waals surface area contributed by atoms with Crippen molar-refractivity contribution in [1.29, 1.82) is 0 Å². The predicted octanol–water partition coefficient (Wildman–Crippen LogP) is 2.83. The van der Waals surface area contributed by atoms with Gasteiger partial charge < -0.3 is 24.1 Å². The molecular formula is C20H24N2O3. The van der Waals surface area contributed by atoms with E-state index in [1.165, 1.54) is 28.1 Å². The van der Waals surface area contributed by atoms with Crippen molar-refractivity contribution >= 4 is 6.08 Å². The second-order valence-electron chi connectivity index (χ2n) is 6.47. The lowest BCUT2D eigenvalue weighted by molar-refractivity contribution is -0.168. The summed E-state index contributed by atoms with van der Waals surface area (Å²) in [6.07, 6.45) is 4.88. The van der Waals surface area contributed by atoms with Gasteiger partial charge in [0.2, 0.25) is 0 Å². The molecule has 2 heterocycles. The standard InChI is InChI=1S/C20H24N2O3/c1-23-15-6-4-14(5-7-15)19-16-12-20(24-2,25-3)9-8-17(16)22-11-10-21-13-18(19)22/h4-9,21H,10-13H2,1-3H3. The maximum Gasteiger partial charge on any atom is 0.191 e. The van der Waals surface area contributed by atoms with E-state index in [9.17, 15) is 0 Å². The topological polar surface area (TPSA) is 44.7 Å². The van der Waals surface area contributed by atoms with Crippen LogP contribution >= 0.6 is 0 Å². The minimum absolute atomic E-state index is 0.695. The molecule has 2 aromatic rings. The van der Waals surface area contributed by atoms with E-state index in [0.29, 0.717) is 6.42 Å². The highest BCUT2D eigenvalue weighted by Gasteiger charge is 2.36. The van der Waals surface area contributed by atoms with Crippen LogP contribution in [0.15, 0.2) is 30.3 Å². The van der Waals surface area contributed by atoms with Crippen LogP contribution in [0.4, 0.5) is 0 Å². The summed E-state index contributed by atoms with van der Waals surface area (Å²) in [5.74, 6) is 0.172. The number of nitrogens with zero attached hydrogens (tertiary/aromatic N) is 1. The Morgan fingerprint density at radius 3 is 2.52 bits per heavy atom. The molecule has 1 aromatic carbocycles. The van der Waals surface area contributed by atoms with Crippen molar-refractivity contribution in [3.8, 4) is 16.9 Å². The molecule has 0 amide bonds. The fourth-order valence-electron chi connectivity index (χ4n) is 3.93. The van der Waals surface area contributed by atoms with E-state index in [1.54, 1.807) is 21.3 Å².